The van der Waals surface area contributed by atoms with Crippen LogP contribution in [0, 0.1) is 6.92 Å². The molecule has 0 bridgehead atoms. The van der Waals surface area contributed by atoms with Gasteiger partial charge in [-0.05, 0) is 37.1 Å². The van der Waals surface area contributed by atoms with Crippen LogP contribution in [0.15, 0.2) is 35.1 Å². The maximum atomic E-state index is 12.4. The molecule has 0 saturated heterocycles. The highest BCUT2D eigenvalue weighted by Gasteiger charge is 2.15. The number of carbonyl (C=O) groups excluding carboxylic acids is 2. The number of anilines is 1. The van der Waals surface area contributed by atoms with Crippen molar-refractivity contribution in [1.29, 1.82) is 0 Å². The summed E-state index contributed by atoms with van der Waals surface area (Å²) in [7, 11) is 1.30. The summed E-state index contributed by atoms with van der Waals surface area (Å²) in [4.78, 5) is 36.0. The molecule has 1 N–H and O–H groups in total. The molecule has 0 atom stereocenters. The average molecular weight is 343 g/mol. The third-order valence-electron chi connectivity index (χ3n) is 3.81. The first kappa shape index (κ1) is 18.4. The number of unbranched alkanes of at least 4 members (excludes halogenated alkanes) is 1. The van der Waals surface area contributed by atoms with Crippen LogP contribution in [0.3, 0.4) is 0 Å². The van der Waals surface area contributed by atoms with Gasteiger partial charge >= 0.3 is 5.97 Å². The van der Waals surface area contributed by atoms with E-state index in [0.29, 0.717) is 23.4 Å². The first-order chi connectivity index (χ1) is 12.0. The number of amides is 1. The van der Waals surface area contributed by atoms with Crippen LogP contribution < -0.4 is 10.9 Å². The number of benzene rings is 1. The highest BCUT2D eigenvalue weighted by atomic mass is 16.5. The minimum Gasteiger partial charge on any atom is -0.465 e. The van der Waals surface area contributed by atoms with E-state index >= 15 is 0 Å². The fraction of sp³-hybridized carbons (Fsp3) is 0.333. The van der Waals surface area contributed by atoms with Crippen molar-refractivity contribution in [3.63, 3.8) is 0 Å². The highest BCUT2D eigenvalue weighted by Crippen LogP contribution is 2.20. The summed E-state index contributed by atoms with van der Waals surface area (Å²) in [6.45, 7) is 4.20. The van der Waals surface area contributed by atoms with Gasteiger partial charge in [0.15, 0.2) is 0 Å². The molecule has 0 aliphatic rings. The second kappa shape index (κ2) is 8.23. The van der Waals surface area contributed by atoms with Crippen molar-refractivity contribution in [1.82, 2.24) is 9.78 Å². The van der Waals surface area contributed by atoms with E-state index in [2.05, 4.69) is 10.4 Å². The van der Waals surface area contributed by atoms with Crippen molar-refractivity contribution in [2.45, 2.75) is 33.2 Å². The van der Waals surface area contributed by atoms with Crippen molar-refractivity contribution in [2.75, 3.05) is 12.4 Å². The molecular weight excluding hydrogens is 322 g/mol. The summed E-state index contributed by atoms with van der Waals surface area (Å²) in [5.41, 5.74) is 1.36. The Kier molecular flexibility index (Phi) is 6.05. The SMILES string of the molecule is CCCCn1nc(C(=O)Nc2cccc(C(=O)OC)c2C)ccc1=O. The predicted octanol–water partition coefficient (Wildman–Crippen LogP) is 2.39. The van der Waals surface area contributed by atoms with Crippen molar-refractivity contribution in [3.05, 3.63) is 57.5 Å². The van der Waals surface area contributed by atoms with Gasteiger partial charge in [0.1, 0.15) is 5.69 Å². The lowest BCUT2D eigenvalue weighted by molar-refractivity contribution is 0.0599. The largest absolute Gasteiger partial charge is 0.465 e. The molecule has 0 aliphatic carbocycles. The maximum Gasteiger partial charge on any atom is 0.338 e. The zero-order chi connectivity index (χ0) is 18.4. The summed E-state index contributed by atoms with van der Waals surface area (Å²) >= 11 is 0. The highest BCUT2D eigenvalue weighted by molar-refractivity contribution is 6.04. The van der Waals surface area contributed by atoms with Gasteiger partial charge in [-0.25, -0.2) is 9.48 Å². The van der Waals surface area contributed by atoms with Gasteiger partial charge in [0, 0.05) is 18.3 Å². The molecule has 1 amide bonds. The van der Waals surface area contributed by atoms with Crippen LogP contribution in [-0.4, -0.2) is 28.8 Å². The Balaban J connectivity index is 2.26. The van der Waals surface area contributed by atoms with Gasteiger partial charge in [-0.3, -0.25) is 9.59 Å². The number of ether oxygens (including phenoxy) is 1. The minimum absolute atomic E-state index is 0.138. The molecule has 1 aromatic heterocycles. The number of esters is 1. The molecular formula is C18H21N3O4. The number of aryl methyl sites for hydroxylation is 1. The summed E-state index contributed by atoms with van der Waals surface area (Å²) in [5, 5.41) is 6.83. The lowest BCUT2D eigenvalue weighted by Gasteiger charge is -2.11. The molecule has 0 unspecified atom stereocenters. The van der Waals surface area contributed by atoms with Crippen molar-refractivity contribution >= 4 is 17.6 Å². The lowest BCUT2D eigenvalue weighted by atomic mass is 10.1. The van der Waals surface area contributed by atoms with Gasteiger partial charge in [0.2, 0.25) is 0 Å². The Morgan fingerprint density at radius 1 is 1.24 bits per heavy atom. The summed E-state index contributed by atoms with van der Waals surface area (Å²) in [6, 6.07) is 7.69. The third kappa shape index (κ3) is 4.32. The van der Waals surface area contributed by atoms with E-state index in [1.807, 2.05) is 6.92 Å². The van der Waals surface area contributed by atoms with Gasteiger partial charge in [0.05, 0.1) is 12.7 Å². The second-order valence-electron chi connectivity index (χ2n) is 5.56. The molecule has 0 radical (unpaired) electrons. The zero-order valence-electron chi connectivity index (χ0n) is 14.5. The lowest BCUT2D eigenvalue weighted by Crippen LogP contribution is -2.26. The standard InChI is InChI=1S/C18H21N3O4/c1-4-5-11-21-16(22)10-9-15(20-21)17(23)19-14-8-6-7-13(12(14)2)18(24)25-3/h6-10H,4-5,11H2,1-3H3,(H,19,23). The molecule has 0 fully saturated rings. The van der Waals surface area contributed by atoms with Crippen LogP contribution in [-0.2, 0) is 11.3 Å². The molecule has 132 valence electrons. The number of aromatic nitrogens is 2. The second-order valence-corrected chi connectivity index (χ2v) is 5.56. The van der Waals surface area contributed by atoms with Gasteiger partial charge in [0.25, 0.3) is 11.5 Å². The fourth-order valence-electron chi connectivity index (χ4n) is 2.33. The monoisotopic (exact) mass is 343 g/mol. The Hall–Kier alpha value is -2.96. The summed E-state index contributed by atoms with van der Waals surface area (Å²) < 4.78 is 6.01. The molecule has 2 rings (SSSR count). The van der Waals surface area contributed by atoms with E-state index < -0.39 is 11.9 Å². The zero-order valence-corrected chi connectivity index (χ0v) is 14.5. The quantitative estimate of drug-likeness (QED) is 0.813. The predicted molar refractivity (Wildman–Crippen MR) is 93.9 cm³/mol. The van der Waals surface area contributed by atoms with Crippen LogP contribution in [0.1, 0.15) is 46.2 Å². The van der Waals surface area contributed by atoms with Gasteiger partial charge < -0.3 is 10.1 Å². The first-order valence-corrected chi connectivity index (χ1v) is 8.05. The number of hydrogen-bond acceptors (Lipinski definition) is 5. The van der Waals surface area contributed by atoms with E-state index in [9.17, 15) is 14.4 Å². The van der Waals surface area contributed by atoms with Crippen molar-refractivity contribution in [2.24, 2.45) is 0 Å². The molecule has 25 heavy (non-hydrogen) atoms. The molecule has 0 aliphatic heterocycles. The topological polar surface area (TPSA) is 90.3 Å². The number of rotatable bonds is 6. The van der Waals surface area contributed by atoms with E-state index in [0.717, 1.165) is 12.8 Å². The maximum absolute atomic E-state index is 12.4. The van der Waals surface area contributed by atoms with E-state index in [1.54, 1.807) is 25.1 Å². The fourth-order valence-corrected chi connectivity index (χ4v) is 2.33. The number of nitrogens with zero attached hydrogens (tertiary/aromatic N) is 2. The normalized spacial score (nSPS) is 10.4. The van der Waals surface area contributed by atoms with Gasteiger partial charge in [-0.2, -0.15) is 5.10 Å². The molecule has 2 aromatic rings. The van der Waals surface area contributed by atoms with E-state index in [-0.39, 0.29) is 11.3 Å². The van der Waals surface area contributed by atoms with E-state index in [1.165, 1.54) is 23.9 Å². The number of carbonyl (C=O) groups is 2. The third-order valence-corrected chi connectivity index (χ3v) is 3.81. The Bertz CT molecular complexity index is 842. The summed E-state index contributed by atoms with van der Waals surface area (Å²) in [6.07, 6.45) is 1.72. The van der Waals surface area contributed by atoms with E-state index in [4.69, 9.17) is 4.74 Å². The molecule has 0 spiro atoms. The van der Waals surface area contributed by atoms with Gasteiger partial charge in [-0.1, -0.05) is 19.4 Å². The Labute approximate surface area is 145 Å². The Morgan fingerprint density at radius 2 is 2.00 bits per heavy atom. The van der Waals surface area contributed by atoms with Crippen molar-refractivity contribution in [3.8, 4) is 0 Å². The first-order valence-electron chi connectivity index (χ1n) is 8.05. The number of methoxy groups -OCH3 is 1. The Morgan fingerprint density at radius 3 is 2.68 bits per heavy atom. The van der Waals surface area contributed by atoms with Crippen LogP contribution in [0.2, 0.25) is 0 Å². The van der Waals surface area contributed by atoms with Crippen molar-refractivity contribution < 1.29 is 14.3 Å². The van der Waals surface area contributed by atoms with Crippen LogP contribution in [0.4, 0.5) is 5.69 Å². The van der Waals surface area contributed by atoms with Gasteiger partial charge in [-0.15, -0.1) is 0 Å². The molecule has 7 heteroatoms. The summed E-state index contributed by atoms with van der Waals surface area (Å²) in [5.74, 6) is -0.921. The van der Waals surface area contributed by atoms with Crippen LogP contribution >= 0.6 is 0 Å². The molecule has 1 aromatic carbocycles. The number of nitrogens with one attached hydrogen (secondary N) is 1. The number of hydrogen-bond donors (Lipinski definition) is 1. The smallest absolute Gasteiger partial charge is 0.338 e. The molecule has 7 nitrogen and oxygen atoms in total. The van der Waals surface area contributed by atoms with Crippen LogP contribution in [0.25, 0.3) is 0 Å². The van der Waals surface area contributed by atoms with Crippen LogP contribution in [0.5, 0.6) is 0 Å². The minimum atomic E-state index is -0.472. The molecule has 1 heterocycles. The molecule has 0 saturated carbocycles. The average Bonchev–Trinajstić information content (AvgIpc) is 2.62.